The SMILES string of the molecule is O=C(Nc1ccc(Cl)cn1)c1ccncc1NC(=O)c1ccc(N2CCCC2)cc1OC1CCNCC1.O=C(O)C(F)(F)F. The van der Waals surface area contributed by atoms with E-state index >= 15 is 0 Å². The number of pyridine rings is 2. The van der Waals surface area contributed by atoms with E-state index < -0.39 is 18.1 Å². The number of ether oxygens (including phenoxy) is 1. The molecule has 5 rings (SSSR count). The normalized spacial score (nSPS) is 15.1. The van der Waals surface area contributed by atoms with Crippen LogP contribution in [0.2, 0.25) is 5.02 Å². The number of halogens is 4. The van der Waals surface area contributed by atoms with Gasteiger partial charge < -0.3 is 30.7 Å². The van der Waals surface area contributed by atoms with Crippen LogP contribution in [0.4, 0.5) is 30.4 Å². The van der Waals surface area contributed by atoms with Crippen LogP contribution in [0.25, 0.3) is 0 Å². The summed E-state index contributed by atoms with van der Waals surface area (Å²) in [5, 5.41) is 16.5. The van der Waals surface area contributed by atoms with Crippen LogP contribution in [-0.4, -0.2) is 71.3 Å². The van der Waals surface area contributed by atoms with Crippen molar-refractivity contribution in [2.75, 3.05) is 41.7 Å². The van der Waals surface area contributed by atoms with E-state index in [0.717, 1.165) is 57.5 Å². The number of carboxylic acids is 1. The minimum absolute atomic E-state index is 0.0354. The molecule has 0 aliphatic carbocycles. The predicted molar refractivity (Wildman–Crippen MR) is 157 cm³/mol. The third-order valence-corrected chi connectivity index (χ3v) is 7.01. The maximum absolute atomic E-state index is 13.5. The summed E-state index contributed by atoms with van der Waals surface area (Å²) in [5.41, 5.74) is 2.01. The van der Waals surface area contributed by atoms with Crippen molar-refractivity contribution >= 4 is 46.6 Å². The maximum Gasteiger partial charge on any atom is 0.490 e. The molecule has 2 aliphatic rings. The van der Waals surface area contributed by atoms with Crippen LogP contribution in [0, 0.1) is 0 Å². The van der Waals surface area contributed by atoms with Gasteiger partial charge in [-0.3, -0.25) is 14.6 Å². The van der Waals surface area contributed by atoms with Gasteiger partial charge in [0.25, 0.3) is 11.8 Å². The number of carbonyl (C=O) groups excluding carboxylic acids is 2. The first-order valence-electron chi connectivity index (χ1n) is 13.8. The van der Waals surface area contributed by atoms with Crippen LogP contribution in [0.3, 0.4) is 0 Å². The van der Waals surface area contributed by atoms with Crippen LogP contribution in [-0.2, 0) is 4.79 Å². The first-order valence-corrected chi connectivity index (χ1v) is 14.1. The van der Waals surface area contributed by atoms with Crippen molar-refractivity contribution in [3.63, 3.8) is 0 Å². The summed E-state index contributed by atoms with van der Waals surface area (Å²) in [4.78, 5) is 45.8. The molecule has 1 aromatic carbocycles. The van der Waals surface area contributed by atoms with Crippen LogP contribution in [0.5, 0.6) is 5.75 Å². The lowest BCUT2D eigenvalue weighted by Crippen LogP contribution is -2.34. The summed E-state index contributed by atoms with van der Waals surface area (Å²) in [6.45, 7) is 3.76. The van der Waals surface area contributed by atoms with Gasteiger partial charge in [-0.1, -0.05) is 11.6 Å². The van der Waals surface area contributed by atoms with Gasteiger partial charge in [0.15, 0.2) is 0 Å². The Morgan fingerprint density at radius 2 is 1.66 bits per heavy atom. The van der Waals surface area contributed by atoms with Gasteiger partial charge in [-0.2, -0.15) is 13.2 Å². The zero-order valence-corrected chi connectivity index (χ0v) is 24.1. The second-order valence-electron chi connectivity index (χ2n) is 9.94. The molecule has 2 aliphatic heterocycles. The number of carboxylic acid groups (broad SMARTS) is 1. The molecular weight excluding hydrogens is 605 g/mol. The molecule has 234 valence electrons. The molecule has 44 heavy (non-hydrogen) atoms. The van der Waals surface area contributed by atoms with Crippen molar-refractivity contribution in [3.8, 4) is 5.75 Å². The molecule has 0 saturated carbocycles. The number of amides is 2. The standard InChI is InChI=1S/C27H29ClN6O3.C2HF3O2/c28-18-3-6-25(31-16-18)33-26(35)21-9-12-30-17-23(21)32-27(36)22-5-4-19(34-13-1-2-14-34)15-24(22)37-20-7-10-29-11-8-20;3-2(4,5)1(6)7/h3-6,9,12,15-17,20,29H,1-2,7-8,10-11,13-14H2,(H,32,36)(H,31,33,35);(H,6,7). The fourth-order valence-electron chi connectivity index (χ4n) is 4.58. The van der Waals surface area contributed by atoms with Crippen molar-refractivity contribution in [3.05, 3.63) is 71.1 Å². The molecule has 0 spiro atoms. The Morgan fingerprint density at radius 3 is 2.30 bits per heavy atom. The first-order chi connectivity index (χ1) is 21.0. The maximum atomic E-state index is 13.5. The summed E-state index contributed by atoms with van der Waals surface area (Å²) in [6, 6.07) is 10.5. The van der Waals surface area contributed by atoms with E-state index in [0.29, 0.717) is 22.2 Å². The highest BCUT2D eigenvalue weighted by atomic mass is 35.5. The quantitative estimate of drug-likeness (QED) is 0.282. The Labute approximate surface area is 255 Å². The lowest BCUT2D eigenvalue weighted by Gasteiger charge is -2.26. The van der Waals surface area contributed by atoms with E-state index in [-0.39, 0.29) is 23.3 Å². The average Bonchev–Trinajstić information content (AvgIpc) is 3.54. The smallest absolute Gasteiger partial charge is 0.489 e. The highest BCUT2D eigenvalue weighted by molar-refractivity contribution is 6.30. The van der Waals surface area contributed by atoms with E-state index in [9.17, 15) is 22.8 Å². The molecule has 4 heterocycles. The minimum atomic E-state index is -5.08. The Hall–Kier alpha value is -4.43. The second kappa shape index (κ2) is 14.8. The predicted octanol–water partition coefficient (Wildman–Crippen LogP) is 5.00. The van der Waals surface area contributed by atoms with Crippen LogP contribution >= 0.6 is 11.6 Å². The van der Waals surface area contributed by atoms with Gasteiger partial charge >= 0.3 is 12.1 Å². The van der Waals surface area contributed by atoms with E-state index in [2.05, 4.69) is 30.8 Å². The van der Waals surface area contributed by atoms with E-state index in [4.69, 9.17) is 26.2 Å². The number of benzene rings is 1. The molecule has 0 radical (unpaired) electrons. The van der Waals surface area contributed by atoms with Crippen molar-refractivity contribution in [1.82, 2.24) is 15.3 Å². The summed E-state index contributed by atoms with van der Waals surface area (Å²) in [5.74, 6) is -2.66. The van der Waals surface area contributed by atoms with Gasteiger partial charge in [0.2, 0.25) is 0 Å². The Morgan fingerprint density at radius 1 is 0.977 bits per heavy atom. The third kappa shape index (κ3) is 9.04. The molecule has 15 heteroatoms. The molecular formula is C29H30ClF3N6O5. The fraction of sp³-hybridized carbons (Fsp3) is 0.345. The van der Waals surface area contributed by atoms with E-state index in [1.165, 1.54) is 18.6 Å². The fourth-order valence-corrected chi connectivity index (χ4v) is 4.69. The molecule has 3 aromatic rings. The van der Waals surface area contributed by atoms with Gasteiger partial charge in [0, 0.05) is 37.2 Å². The Kier molecular flexibility index (Phi) is 11.0. The van der Waals surface area contributed by atoms with Crippen LogP contribution in [0.15, 0.2) is 55.0 Å². The molecule has 2 aromatic heterocycles. The molecule has 11 nitrogen and oxygen atoms in total. The zero-order valence-electron chi connectivity index (χ0n) is 23.4. The van der Waals surface area contributed by atoms with Crippen molar-refractivity contribution in [1.29, 1.82) is 0 Å². The number of nitrogens with one attached hydrogen (secondary N) is 3. The number of anilines is 3. The van der Waals surface area contributed by atoms with Gasteiger partial charge in [0.1, 0.15) is 17.7 Å². The number of rotatable bonds is 7. The summed E-state index contributed by atoms with van der Waals surface area (Å²) >= 11 is 5.88. The van der Waals surface area contributed by atoms with Crippen LogP contribution in [0.1, 0.15) is 46.4 Å². The molecule has 2 amide bonds. The number of alkyl halides is 3. The molecule has 4 N–H and O–H groups in total. The van der Waals surface area contributed by atoms with Crippen molar-refractivity contribution < 1.29 is 37.4 Å². The highest BCUT2D eigenvalue weighted by Crippen LogP contribution is 2.31. The Bertz CT molecular complexity index is 1460. The summed E-state index contributed by atoms with van der Waals surface area (Å²) in [7, 11) is 0. The number of aliphatic carboxylic acids is 1. The lowest BCUT2D eigenvalue weighted by atomic mass is 10.1. The molecule has 0 bridgehead atoms. The van der Waals surface area contributed by atoms with Gasteiger partial charge in [0.05, 0.1) is 28.0 Å². The monoisotopic (exact) mass is 634 g/mol. The number of carbonyl (C=O) groups is 3. The topological polar surface area (TPSA) is 146 Å². The minimum Gasteiger partial charge on any atom is -0.489 e. The van der Waals surface area contributed by atoms with Crippen molar-refractivity contribution in [2.24, 2.45) is 0 Å². The van der Waals surface area contributed by atoms with E-state index in [1.54, 1.807) is 24.3 Å². The largest absolute Gasteiger partial charge is 0.490 e. The second-order valence-corrected chi connectivity index (χ2v) is 10.4. The molecule has 0 unspecified atom stereocenters. The number of piperidine rings is 1. The molecule has 2 fully saturated rings. The van der Waals surface area contributed by atoms with Crippen LogP contribution < -0.4 is 25.6 Å². The zero-order chi connectivity index (χ0) is 31.7. The van der Waals surface area contributed by atoms with Gasteiger partial charge in [-0.15, -0.1) is 0 Å². The first kappa shape index (κ1) is 32.5. The number of hydrogen-bond acceptors (Lipinski definition) is 8. The summed E-state index contributed by atoms with van der Waals surface area (Å²) < 4.78 is 38.1. The average molecular weight is 635 g/mol. The lowest BCUT2D eigenvalue weighted by molar-refractivity contribution is -0.192. The Balaban J connectivity index is 0.000000566. The van der Waals surface area contributed by atoms with Gasteiger partial charge in [-0.05, 0) is 69.1 Å². The molecule has 0 atom stereocenters. The highest BCUT2D eigenvalue weighted by Gasteiger charge is 2.38. The molecule has 2 saturated heterocycles. The number of nitrogens with zero attached hydrogens (tertiary/aromatic N) is 3. The van der Waals surface area contributed by atoms with Crippen molar-refractivity contribution in [2.45, 2.75) is 38.0 Å². The van der Waals surface area contributed by atoms with Gasteiger partial charge in [-0.25, -0.2) is 9.78 Å². The number of aromatic nitrogens is 2. The van der Waals surface area contributed by atoms with E-state index in [1.807, 2.05) is 12.1 Å². The summed E-state index contributed by atoms with van der Waals surface area (Å²) in [6.07, 6.45) is 3.41. The third-order valence-electron chi connectivity index (χ3n) is 6.79. The number of hydrogen-bond donors (Lipinski definition) is 4.